The average Bonchev–Trinajstić information content (AvgIpc) is 3.20. The van der Waals surface area contributed by atoms with E-state index in [9.17, 15) is 0 Å². The van der Waals surface area contributed by atoms with Gasteiger partial charge in [0.1, 0.15) is 5.82 Å². The highest BCUT2D eigenvalue weighted by molar-refractivity contribution is 9.11. The summed E-state index contributed by atoms with van der Waals surface area (Å²) in [6.07, 6.45) is 2.32. The van der Waals surface area contributed by atoms with Crippen LogP contribution in [0.5, 0.6) is 0 Å². The monoisotopic (exact) mass is 401 g/mol. The molecule has 0 atom stereocenters. The van der Waals surface area contributed by atoms with Crippen molar-refractivity contribution < 1.29 is 0 Å². The van der Waals surface area contributed by atoms with Gasteiger partial charge < -0.3 is 5.73 Å². The Labute approximate surface area is 132 Å². The van der Waals surface area contributed by atoms with E-state index < -0.39 is 0 Å². The molecule has 1 aliphatic rings. The van der Waals surface area contributed by atoms with Gasteiger partial charge >= 0.3 is 0 Å². The molecule has 0 unspecified atom stereocenters. The number of anilines is 1. The Morgan fingerprint density at radius 2 is 1.95 bits per heavy atom. The molecular weight excluding hydrogens is 393 g/mol. The molecule has 1 saturated carbocycles. The molecular formula is C13H10Br2ClN3. The second-order valence-electron chi connectivity index (χ2n) is 4.53. The second-order valence-corrected chi connectivity index (χ2v) is 6.61. The van der Waals surface area contributed by atoms with Crippen molar-refractivity contribution in [1.82, 2.24) is 9.97 Å². The highest BCUT2D eigenvalue weighted by Gasteiger charge is 2.29. The van der Waals surface area contributed by atoms with E-state index in [0.717, 1.165) is 33.0 Å². The van der Waals surface area contributed by atoms with Gasteiger partial charge in [0, 0.05) is 21.0 Å². The number of nitrogen functional groups attached to an aromatic ring is 1. The van der Waals surface area contributed by atoms with Gasteiger partial charge in [-0.3, -0.25) is 0 Å². The largest absolute Gasteiger partial charge is 0.383 e. The van der Waals surface area contributed by atoms with E-state index in [1.165, 1.54) is 0 Å². The minimum absolute atomic E-state index is 0.471. The molecule has 1 aromatic heterocycles. The zero-order chi connectivity index (χ0) is 13.6. The van der Waals surface area contributed by atoms with Crippen LogP contribution in [0.4, 0.5) is 5.82 Å². The van der Waals surface area contributed by atoms with Gasteiger partial charge in [0.05, 0.1) is 10.2 Å². The quantitative estimate of drug-likeness (QED) is 0.785. The van der Waals surface area contributed by atoms with Crippen molar-refractivity contribution in [2.75, 3.05) is 5.73 Å². The molecule has 0 bridgehead atoms. The molecule has 6 heteroatoms. The van der Waals surface area contributed by atoms with Gasteiger partial charge in [0.2, 0.25) is 0 Å². The molecule has 2 aromatic rings. The number of halogens is 3. The van der Waals surface area contributed by atoms with Gasteiger partial charge in [-0.25, -0.2) is 9.97 Å². The first kappa shape index (κ1) is 13.3. The lowest BCUT2D eigenvalue weighted by Gasteiger charge is -2.09. The summed E-state index contributed by atoms with van der Waals surface area (Å²) in [5, 5.41) is 0.649. The van der Waals surface area contributed by atoms with Gasteiger partial charge in [0.15, 0.2) is 5.82 Å². The lowest BCUT2D eigenvalue weighted by molar-refractivity contribution is 0.984. The van der Waals surface area contributed by atoms with Crippen molar-refractivity contribution in [3.05, 3.63) is 37.9 Å². The summed E-state index contributed by atoms with van der Waals surface area (Å²) in [7, 11) is 0. The third-order valence-corrected chi connectivity index (χ3v) is 4.77. The van der Waals surface area contributed by atoms with Crippen LogP contribution in [0.2, 0.25) is 5.02 Å². The Kier molecular flexibility index (Phi) is 3.53. The molecule has 0 radical (unpaired) electrons. The van der Waals surface area contributed by atoms with E-state index in [1.807, 2.05) is 18.2 Å². The van der Waals surface area contributed by atoms with Crippen LogP contribution in [-0.4, -0.2) is 9.97 Å². The fourth-order valence-electron chi connectivity index (χ4n) is 1.90. The van der Waals surface area contributed by atoms with E-state index >= 15 is 0 Å². The summed E-state index contributed by atoms with van der Waals surface area (Å²) >= 11 is 13.0. The van der Waals surface area contributed by atoms with Crippen molar-refractivity contribution >= 4 is 49.3 Å². The number of rotatable bonds is 2. The third-order valence-electron chi connectivity index (χ3n) is 3.04. The Morgan fingerprint density at radius 3 is 2.63 bits per heavy atom. The molecule has 1 heterocycles. The summed E-state index contributed by atoms with van der Waals surface area (Å²) in [4.78, 5) is 8.99. The highest BCUT2D eigenvalue weighted by atomic mass is 79.9. The van der Waals surface area contributed by atoms with Crippen molar-refractivity contribution in [2.45, 2.75) is 18.8 Å². The van der Waals surface area contributed by atoms with Gasteiger partial charge in [-0.15, -0.1) is 0 Å². The normalized spacial score (nSPS) is 14.7. The molecule has 19 heavy (non-hydrogen) atoms. The first-order chi connectivity index (χ1) is 9.06. The zero-order valence-corrected chi connectivity index (χ0v) is 13.8. The summed E-state index contributed by atoms with van der Waals surface area (Å²) in [5.74, 6) is 1.58. The van der Waals surface area contributed by atoms with E-state index in [1.54, 1.807) is 0 Å². The number of benzene rings is 1. The van der Waals surface area contributed by atoms with Crippen LogP contribution in [0.1, 0.15) is 24.5 Å². The Balaban J connectivity index is 2.17. The number of aromatic nitrogens is 2. The molecule has 0 saturated heterocycles. The molecule has 3 nitrogen and oxygen atoms in total. The van der Waals surface area contributed by atoms with Gasteiger partial charge in [-0.1, -0.05) is 27.5 Å². The van der Waals surface area contributed by atoms with Crippen LogP contribution in [0.3, 0.4) is 0 Å². The Hall–Kier alpha value is -0.650. The summed E-state index contributed by atoms with van der Waals surface area (Å²) in [6.45, 7) is 0. The minimum Gasteiger partial charge on any atom is -0.383 e. The predicted octanol–water partition coefficient (Wildman–Crippen LogP) is 4.78. The molecule has 1 fully saturated rings. The second kappa shape index (κ2) is 5.04. The van der Waals surface area contributed by atoms with Crippen LogP contribution in [-0.2, 0) is 0 Å². The van der Waals surface area contributed by atoms with E-state index in [-0.39, 0.29) is 0 Å². The lowest BCUT2D eigenvalue weighted by atomic mass is 10.2. The molecule has 2 N–H and O–H groups in total. The molecule has 98 valence electrons. The Bertz CT molecular complexity index is 657. The average molecular weight is 404 g/mol. The Morgan fingerprint density at radius 1 is 1.21 bits per heavy atom. The first-order valence-corrected chi connectivity index (χ1v) is 7.81. The fraction of sp³-hybridized carbons (Fsp3) is 0.231. The molecule has 3 rings (SSSR count). The standard InChI is InChI=1S/C13H10Br2ClN3/c14-9-4-3-7(16)5-8(9)13-18-11(6-1-2-6)10(15)12(17)19-13/h3-6H,1-2H2,(H2,17,18,19). The first-order valence-electron chi connectivity index (χ1n) is 5.84. The topological polar surface area (TPSA) is 51.8 Å². The summed E-state index contributed by atoms with van der Waals surface area (Å²) in [5.41, 5.74) is 7.82. The van der Waals surface area contributed by atoms with Crippen molar-refractivity contribution in [1.29, 1.82) is 0 Å². The lowest BCUT2D eigenvalue weighted by Crippen LogP contribution is -2.02. The van der Waals surface area contributed by atoms with E-state index in [2.05, 4.69) is 41.8 Å². The number of hydrogen-bond donors (Lipinski definition) is 1. The smallest absolute Gasteiger partial charge is 0.163 e. The zero-order valence-electron chi connectivity index (χ0n) is 9.83. The third kappa shape index (κ3) is 2.64. The van der Waals surface area contributed by atoms with Crippen LogP contribution in [0.15, 0.2) is 27.1 Å². The molecule has 0 spiro atoms. The van der Waals surface area contributed by atoms with Crippen molar-refractivity contribution in [3.8, 4) is 11.4 Å². The van der Waals surface area contributed by atoms with Gasteiger partial charge in [0.25, 0.3) is 0 Å². The number of nitrogens with two attached hydrogens (primary N) is 1. The van der Waals surface area contributed by atoms with Crippen LogP contribution in [0.25, 0.3) is 11.4 Å². The number of hydrogen-bond acceptors (Lipinski definition) is 3. The SMILES string of the molecule is Nc1nc(-c2cc(Cl)ccc2Br)nc(C2CC2)c1Br. The predicted molar refractivity (Wildman–Crippen MR) is 84.3 cm³/mol. The van der Waals surface area contributed by atoms with Crippen LogP contribution in [0, 0.1) is 0 Å². The molecule has 1 aliphatic carbocycles. The molecule has 0 amide bonds. The van der Waals surface area contributed by atoms with E-state index in [4.69, 9.17) is 17.3 Å². The van der Waals surface area contributed by atoms with Gasteiger partial charge in [-0.05, 0) is 47.0 Å². The summed E-state index contributed by atoms with van der Waals surface area (Å²) in [6, 6.07) is 5.54. The maximum Gasteiger partial charge on any atom is 0.163 e. The maximum atomic E-state index is 6.04. The van der Waals surface area contributed by atoms with Gasteiger partial charge in [-0.2, -0.15) is 0 Å². The van der Waals surface area contributed by atoms with Crippen molar-refractivity contribution in [3.63, 3.8) is 0 Å². The maximum absolute atomic E-state index is 6.04. The minimum atomic E-state index is 0.471. The number of nitrogens with zero attached hydrogens (tertiary/aromatic N) is 2. The highest BCUT2D eigenvalue weighted by Crippen LogP contribution is 2.44. The molecule has 1 aromatic carbocycles. The van der Waals surface area contributed by atoms with Crippen LogP contribution >= 0.6 is 43.5 Å². The van der Waals surface area contributed by atoms with Crippen molar-refractivity contribution in [2.24, 2.45) is 0 Å². The molecule has 0 aliphatic heterocycles. The fourth-order valence-corrected chi connectivity index (χ4v) is 3.00. The summed E-state index contributed by atoms with van der Waals surface area (Å²) < 4.78 is 1.72. The van der Waals surface area contributed by atoms with E-state index in [0.29, 0.717) is 22.6 Å². The van der Waals surface area contributed by atoms with Crippen LogP contribution < -0.4 is 5.73 Å².